The van der Waals surface area contributed by atoms with Crippen LogP contribution in [0.1, 0.15) is 85.5 Å². The second kappa shape index (κ2) is 14.7. The second-order valence-electron chi connectivity index (χ2n) is 14.5. The third-order valence-corrected chi connectivity index (χ3v) is 10.8. The van der Waals surface area contributed by atoms with Crippen molar-refractivity contribution in [3.63, 3.8) is 0 Å². The zero-order chi connectivity index (χ0) is 38.2. The normalized spacial score (nSPS) is 34.0. The molecule has 1 aromatic rings. The maximum absolute atomic E-state index is 13.3. The molecule has 4 rings (SSSR count). The highest BCUT2D eigenvalue weighted by atomic mass is 16.6. The largest absolute Gasteiger partial charge is 0.462 e. The zero-order valence-electron chi connectivity index (χ0n) is 30.4. The first-order valence-corrected chi connectivity index (χ1v) is 16.9. The molecule has 0 unspecified atom stereocenters. The van der Waals surface area contributed by atoms with Gasteiger partial charge in [0.25, 0.3) is 0 Å². The van der Waals surface area contributed by atoms with E-state index in [-0.39, 0.29) is 12.0 Å². The fraction of sp³-hybridized carbons (Fsp3) is 0.622. The molecule has 1 aromatic carbocycles. The van der Waals surface area contributed by atoms with Crippen LogP contribution < -0.4 is 0 Å². The molecule has 2 fully saturated rings. The molecule has 0 aliphatic heterocycles. The molecule has 0 heterocycles. The average molecular weight is 717 g/mol. The van der Waals surface area contributed by atoms with Crippen LogP contribution in [0.5, 0.6) is 0 Å². The second-order valence-corrected chi connectivity index (χ2v) is 14.5. The van der Waals surface area contributed by atoms with E-state index in [1.165, 1.54) is 26.0 Å². The van der Waals surface area contributed by atoms with Gasteiger partial charge in [0.1, 0.15) is 30.5 Å². The predicted molar refractivity (Wildman–Crippen MR) is 176 cm³/mol. The van der Waals surface area contributed by atoms with Gasteiger partial charge < -0.3 is 38.6 Å². The lowest BCUT2D eigenvalue weighted by molar-refractivity contribution is -0.298. The number of hydrogen-bond acceptors (Lipinski definition) is 14. The summed E-state index contributed by atoms with van der Waals surface area (Å²) in [6.07, 6.45) is -8.86. The highest BCUT2D eigenvalue weighted by Crippen LogP contribution is 2.62. The highest BCUT2D eigenvalue weighted by Gasteiger charge is 2.73. The summed E-state index contributed by atoms with van der Waals surface area (Å²) in [5, 5.41) is 25.8. The summed E-state index contributed by atoms with van der Waals surface area (Å²) >= 11 is 0. The molecule has 3 aliphatic carbocycles. The van der Waals surface area contributed by atoms with E-state index in [1.807, 2.05) is 0 Å². The van der Waals surface area contributed by atoms with Crippen LogP contribution in [-0.2, 0) is 52.4 Å². The van der Waals surface area contributed by atoms with Crippen LogP contribution in [0.15, 0.2) is 41.5 Å². The van der Waals surface area contributed by atoms with E-state index in [0.717, 1.165) is 27.7 Å². The van der Waals surface area contributed by atoms with Gasteiger partial charge in [-0.25, -0.2) is 4.79 Å². The van der Waals surface area contributed by atoms with E-state index in [9.17, 15) is 39.0 Å². The minimum absolute atomic E-state index is 0.0248. The molecule has 2 N–H and O–H groups in total. The summed E-state index contributed by atoms with van der Waals surface area (Å²) in [6.45, 7) is 11.7. The Morgan fingerprint density at radius 3 is 1.80 bits per heavy atom. The van der Waals surface area contributed by atoms with E-state index < -0.39 is 114 Å². The molecule has 0 spiro atoms. The van der Waals surface area contributed by atoms with Crippen molar-refractivity contribution >= 4 is 35.8 Å². The molecule has 14 nitrogen and oxygen atoms in total. The summed E-state index contributed by atoms with van der Waals surface area (Å²) in [5.41, 5.74) is -4.35. The molecule has 3 aliphatic rings. The maximum Gasteiger partial charge on any atom is 0.338 e. The minimum Gasteiger partial charge on any atom is -0.462 e. The Balaban J connectivity index is 2.10. The summed E-state index contributed by atoms with van der Waals surface area (Å²) in [4.78, 5) is 76.9. The number of esters is 6. The first-order valence-electron chi connectivity index (χ1n) is 16.9. The fourth-order valence-corrected chi connectivity index (χ4v) is 8.82. The van der Waals surface area contributed by atoms with Crippen LogP contribution in [0.3, 0.4) is 0 Å². The van der Waals surface area contributed by atoms with Gasteiger partial charge >= 0.3 is 35.8 Å². The van der Waals surface area contributed by atoms with Crippen molar-refractivity contribution in [3.8, 4) is 0 Å². The molecule has 2 saturated carbocycles. The van der Waals surface area contributed by atoms with Crippen molar-refractivity contribution < 1.29 is 67.4 Å². The highest BCUT2D eigenvalue weighted by molar-refractivity contribution is 5.89. The topological polar surface area (TPSA) is 198 Å². The monoisotopic (exact) mass is 716 g/mol. The molecule has 2 bridgehead atoms. The molecule has 0 radical (unpaired) electrons. The van der Waals surface area contributed by atoms with Gasteiger partial charge in [-0.3, -0.25) is 24.0 Å². The van der Waals surface area contributed by atoms with Crippen molar-refractivity contribution in [3.05, 3.63) is 47.0 Å². The summed E-state index contributed by atoms with van der Waals surface area (Å²) in [6, 6.07) is 7.92. The van der Waals surface area contributed by atoms with Gasteiger partial charge in [-0.2, -0.15) is 0 Å². The SMILES string of the molecule is CC(=O)O[C@H]1C[C@H]2[C@@H](O)[C@@H]3[C@](O)(COC(=O)c4ccccc4)[C@@H](OC(C)=O)C[C@H](OC(C)=O)[C@@]3(C)[C@@H](OC(C)=O)[C@H](OC(C)=O)C(=C1C)C2(C)C. The van der Waals surface area contributed by atoms with Crippen LogP contribution in [0.2, 0.25) is 0 Å². The van der Waals surface area contributed by atoms with Crippen molar-refractivity contribution in [1.82, 2.24) is 0 Å². The molecule has 280 valence electrons. The molecule has 10 atom stereocenters. The van der Waals surface area contributed by atoms with Crippen LogP contribution in [0, 0.1) is 22.7 Å². The van der Waals surface area contributed by atoms with E-state index in [0.29, 0.717) is 11.1 Å². The number of ether oxygens (including phenoxy) is 6. The van der Waals surface area contributed by atoms with Crippen LogP contribution in [-0.4, -0.2) is 94.9 Å². The lowest BCUT2D eigenvalue weighted by atomic mass is 9.46. The number of fused-ring (bicyclic) bond motifs is 3. The molecule has 14 heteroatoms. The molecular weight excluding hydrogens is 668 g/mol. The average Bonchev–Trinajstić information content (AvgIpc) is 3.01. The Morgan fingerprint density at radius 2 is 1.27 bits per heavy atom. The third kappa shape index (κ3) is 7.52. The number of carbonyl (C=O) groups excluding carboxylic acids is 6. The first kappa shape index (κ1) is 39.5. The van der Waals surface area contributed by atoms with Crippen LogP contribution in [0.4, 0.5) is 0 Å². The summed E-state index contributed by atoms with van der Waals surface area (Å²) in [5.74, 6) is -7.18. The number of hydrogen-bond donors (Lipinski definition) is 2. The molecule has 51 heavy (non-hydrogen) atoms. The van der Waals surface area contributed by atoms with Gasteiger partial charge in [-0.05, 0) is 48.0 Å². The number of benzene rings is 1. The van der Waals surface area contributed by atoms with Crippen molar-refractivity contribution in [1.29, 1.82) is 0 Å². The standard InChI is InChI=1S/C37H48O14/c1-18-26(47-19(2)38)15-25-30(43)32-36(9,33(51-23(6)42)31(50-22(5)41)29(18)35(25,7)8)27(48-20(3)39)16-28(49-21(4)40)37(32,45)17-46-34(44)24-13-11-10-12-14-24/h10-14,25-28,30-33,43,45H,15-17H2,1-9H3/t25-,26-,27-,28-,30+,31+,32-,33-,36+,37-/m0/s1. The number of carbonyl (C=O) groups is 6. The molecule has 0 saturated heterocycles. The van der Waals surface area contributed by atoms with Crippen LogP contribution in [0.25, 0.3) is 0 Å². The van der Waals surface area contributed by atoms with Crippen molar-refractivity contribution in [2.45, 2.75) is 117 Å². The van der Waals surface area contributed by atoms with E-state index in [4.69, 9.17) is 28.4 Å². The first-order chi connectivity index (χ1) is 23.7. The Kier molecular flexibility index (Phi) is 11.4. The fourth-order valence-electron chi connectivity index (χ4n) is 8.82. The van der Waals surface area contributed by atoms with Crippen molar-refractivity contribution in [2.75, 3.05) is 6.61 Å². The van der Waals surface area contributed by atoms with Gasteiger partial charge in [0.15, 0.2) is 12.2 Å². The van der Waals surface area contributed by atoms with Gasteiger partial charge in [0.05, 0.1) is 17.1 Å². The molecule has 0 amide bonds. The number of rotatable bonds is 8. The van der Waals surface area contributed by atoms with Gasteiger partial charge in [-0.15, -0.1) is 0 Å². The van der Waals surface area contributed by atoms with Crippen molar-refractivity contribution in [2.24, 2.45) is 22.7 Å². The Labute approximate surface area is 296 Å². The quantitative estimate of drug-likeness (QED) is 0.226. The van der Waals surface area contributed by atoms with Gasteiger partial charge in [0.2, 0.25) is 0 Å². The lowest BCUT2D eigenvalue weighted by Crippen LogP contribution is -2.76. The minimum atomic E-state index is -2.44. The molecule has 0 aromatic heterocycles. The lowest BCUT2D eigenvalue weighted by Gasteiger charge is -2.64. The Morgan fingerprint density at radius 1 is 0.745 bits per heavy atom. The maximum atomic E-state index is 13.3. The third-order valence-electron chi connectivity index (χ3n) is 10.8. The summed E-state index contributed by atoms with van der Waals surface area (Å²) < 4.78 is 35.0. The molecular formula is C37H48O14. The zero-order valence-corrected chi connectivity index (χ0v) is 30.4. The van der Waals surface area contributed by atoms with Crippen LogP contribution >= 0.6 is 0 Å². The number of aliphatic hydroxyl groups excluding tert-OH is 1. The predicted octanol–water partition coefficient (Wildman–Crippen LogP) is 3.00. The van der Waals surface area contributed by atoms with E-state index in [2.05, 4.69) is 0 Å². The smallest absolute Gasteiger partial charge is 0.338 e. The summed E-state index contributed by atoms with van der Waals surface area (Å²) in [7, 11) is 0. The van der Waals surface area contributed by atoms with E-state index >= 15 is 0 Å². The Hall–Kier alpha value is -4.30. The van der Waals surface area contributed by atoms with E-state index in [1.54, 1.807) is 39.0 Å². The number of aliphatic hydroxyl groups is 2. The van der Waals surface area contributed by atoms with Gasteiger partial charge in [0, 0.05) is 47.0 Å². The van der Waals surface area contributed by atoms with Gasteiger partial charge in [-0.1, -0.05) is 39.0 Å². The Bertz CT molecular complexity index is 1580.